The molecule has 0 heterocycles. The van der Waals surface area contributed by atoms with Crippen molar-refractivity contribution in [1.29, 1.82) is 0 Å². The average molecular weight is 244 g/mol. The predicted molar refractivity (Wildman–Crippen MR) is 76.9 cm³/mol. The Morgan fingerprint density at radius 3 is 2.39 bits per heavy atom. The quantitative estimate of drug-likeness (QED) is 0.827. The van der Waals surface area contributed by atoms with Crippen LogP contribution in [-0.2, 0) is 6.54 Å². The molecule has 2 aliphatic carbocycles. The number of hydrogen-bond acceptors (Lipinski definition) is 2. The molecule has 98 valence electrons. The van der Waals surface area contributed by atoms with Crippen LogP contribution in [0.25, 0.3) is 0 Å². The van der Waals surface area contributed by atoms with E-state index in [0.29, 0.717) is 0 Å². The molecule has 0 spiro atoms. The van der Waals surface area contributed by atoms with Crippen LogP contribution in [0.15, 0.2) is 24.3 Å². The summed E-state index contributed by atoms with van der Waals surface area (Å²) in [5, 5.41) is 3.56. The zero-order valence-electron chi connectivity index (χ0n) is 11.4. The fourth-order valence-corrected chi connectivity index (χ4v) is 2.59. The van der Waals surface area contributed by atoms with Crippen molar-refractivity contribution in [3.05, 3.63) is 29.8 Å². The molecule has 2 saturated carbocycles. The number of nitrogens with zero attached hydrogens (tertiary/aromatic N) is 1. The number of benzene rings is 1. The van der Waals surface area contributed by atoms with Crippen molar-refractivity contribution in [1.82, 2.24) is 5.32 Å². The van der Waals surface area contributed by atoms with Gasteiger partial charge in [-0.1, -0.05) is 18.6 Å². The molecular weight excluding hydrogens is 220 g/mol. The Kier molecular flexibility index (Phi) is 3.55. The molecule has 0 aliphatic heterocycles. The van der Waals surface area contributed by atoms with E-state index in [4.69, 9.17) is 0 Å². The van der Waals surface area contributed by atoms with E-state index >= 15 is 0 Å². The summed E-state index contributed by atoms with van der Waals surface area (Å²) < 4.78 is 0. The van der Waals surface area contributed by atoms with Gasteiger partial charge in [-0.3, -0.25) is 0 Å². The Morgan fingerprint density at radius 1 is 1.11 bits per heavy atom. The van der Waals surface area contributed by atoms with Gasteiger partial charge in [-0.05, 0) is 49.3 Å². The van der Waals surface area contributed by atoms with E-state index in [2.05, 4.69) is 41.5 Å². The summed E-state index contributed by atoms with van der Waals surface area (Å²) in [6.07, 6.45) is 7.01. The Morgan fingerprint density at radius 2 is 1.83 bits per heavy atom. The smallest absolute Gasteiger partial charge is 0.0363 e. The minimum atomic E-state index is 0.797. The van der Waals surface area contributed by atoms with Gasteiger partial charge in [0.05, 0.1) is 0 Å². The lowest BCUT2D eigenvalue weighted by atomic mass is 9.85. The summed E-state index contributed by atoms with van der Waals surface area (Å²) in [4.78, 5) is 2.40. The molecule has 0 amide bonds. The van der Waals surface area contributed by atoms with E-state index in [-0.39, 0.29) is 0 Å². The second-order valence-electron chi connectivity index (χ2n) is 6.00. The first-order chi connectivity index (χ1) is 8.81. The molecule has 0 saturated heterocycles. The first-order valence-electron chi connectivity index (χ1n) is 7.35. The van der Waals surface area contributed by atoms with Crippen molar-refractivity contribution in [2.45, 2.75) is 44.7 Å². The summed E-state index contributed by atoms with van der Waals surface area (Å²) in [6.45, 7) is 2.25. The minimum Gasteiger partial charge on any atom is -0.374 e. The number of hydrogen-bond donors (Lipinski definition) is 1. The average Bonchev–Trinajstić information content (AvgIpc) is 3.16. The summed E-state index contributed by atoms with van der Waals surface area (Å²) >= 11 is 0. The lowest BCUT2D eigenvalue weighted by molar-refractivity contribution is 0.321. The van der Waals surface area contributed by atoms with Gasteiger partial charge in [0.1, 0.15) is 0 Å². The summed E-state index contributed by atoms with van der Waals surface area (Å²) in [6, 6.07) is 9.86. The van der Waals surface area contributed by atoms with Crippen LogP contribution >= 0.6 is 0 Å². The third-order valence-corrected chi connectivity index (χ3v) is 4.31. The van der Waals surface area contributed by atoms with E-state index in [0.717, 1.165) is 18.5 Å². The van der Waals surface area contributed by atoms with Crippen LogP contribution in [0.5, 0.6) is 0 Å². The highest BCUT2D eigenvalue weighted by Gasteiger charge is 2.20. The lowest BCUT2D eigenvalue weighted by Gasteiger charge is -2.31. The molecule has 0 unspecified atom stereocenters. The molecule has 2 nitrogen and oxygen atoms in total. The van der Waals surface area contributed by atoms with Gasteiger partial charge >= 0.3 is 0 Å². The monoisotopic (exact) mass is 244 g/mol. The number of anilines is 1. The van der Waals surface area contributed by atoms with Crippen molar-refractivity contribution in [2.24, 2.45) is 5.92 Å². The van der Waals surface area contributed by atoms with Crippen LogP contribution in [0.3, 0.4) is 0 Å². The van der Waals surface area contributed by atoms with Crippen molar-refractivity contribution in [3.63, 3.8) is 0 Å². The van der Waals surface area contributed by atoms with Gasteiger partial charge in [-0.2, -0.15) is 0 Å². The van der Waals surface area contributed by atoms with Crippen molar-refractivity contribution < 1.29 is 0 Å². The molecular formula is C16H24N2. The molecule has 2 heteroatoms. The molecule has 2 aliphatic rings. The zero-order chi connectivity index (χ0) is 12.4. The normalized spacial score (nSPS) is 19.6. The molecule has 0 atom stereocenters. The van der Waals surface area contributed by atoms with Crippen LogP contribution in [-0.4, -0.2) is 19.6 Å². The largest absolute Gasteiger partial charge is 0.374 e. The fraction of sp³-hybridized carbons (Fsp3) is 0.625. The molecule has 2 fully saturated rings. The van der Waals surface area contributed by atoms with E-state index in [1.165, 1.54) is 49.9 Å². The van der Waals surface area contributed by atoms with Crippen LogP contribution in [0, 0.1) is 5.92 Å². The molecule has 1 aromatic rings. The summed E-state index contributed by atoms with van der Waals surface area (Å²) in [7, 11) is 2.22. The van der Waals surface area contributed by atoms with Crippen LogP contribution < -0.4 is 10.2 Å². The van der Waals surface area contributed by atoms with Gasteiger partial charge in [0, 0.05) is 31.9 Å². The lowest BCUT2D eigenvalue weighted by Crippen LogP contribution is -2.29. The van der Waals surface area contributed by atoms with Gasteiger partial charge in [0.25, 0.3) is 0 Å². The number of rotatable bonds is 6. The molecule has 0 radical (unpaired) electrons. The Bertz CT molecular complexity index is 377. The van der Waals surface area contributed by atoms with E-state index in [1.807, 2.05) is 0 Å². The Labute approximate surface area is 110 Å². The molecule has 3 rings (SSSR count). The van der Waals surface area contributed by atoms with Gasteiger partial charge in [-0.25, -0.2) is 0 Å². The highest BCUT2D eigenvalue weighted by molar-refractivity contribution is 5.47. The SMILES string of the molecule is CN(CC1CCC1)c1ccc(CNC2CC2)cc1. The van der Waals surface area contributed by atoms with Gasteiger partial charge in [-0.15, -0.1) is 0 Å². The predicted octanol–water partition coefficient (Wildman–Crippen LogP) is 3.17. The van der Waals surface area contributed by atoms with Crippen molar-refractivity contribution >= 4 is 5.69 Å². The molecule has 0 bridgehead atoms. The highest BCUT2D eigenvalue weighted by atomic mass is 15.1. The highest BCUT2D eigenvalue weighted by Crippen LogP contribution is 2.28. The second kappa shape index (κ2) is 5.31. The summed E-state index contributed by atoms with van der Waals surface area (Å²) in [5.41, 5.74) is 2.76. The molecule has 18 heavy (non-hydrogen) atoms. The third kappa shape index (κ3) is 3.05. The zero-order valence-corrected chi connectivity index (χ0v) is 11.4. The molecule has 0 aromatic heterocycles. The van der Waals surface area contributed by atoms with Crippen LogP contribution in [0.2, 0.25) is 0 Å². The fourth-order valence-electron chi connectivity index (χ4n) is 2.59. The van der Waals surface area contributed by atoms with Crippen LogP contribution in [0.1, 0.15) is 37.7 Å². The Balaban J connectivity index is 1.51. The van der Waals surface area contributed by atoms with E-state index in [1.54, 1.807) is 0 Å². The maximum absolute atomic E-state index is 3.56. The van der Waals surface area contributed by atoms with E-state index < -0.39 is 0 Å². The van der Waals surface area contributed by atoms with Gasteiger partial charge in [0.2, 0.25) is 0 Å². The Hall–Kier alpha value is -1.02. The van der Waals surface area contributed by atoms with Crippen LogP contribution in [0.4, 0.5) is 5.69 Å². The molecule has 1 aromatic carbocycles. The van der Waals surface area contributed by atoms with Gasteiger partial charge in [0.15, 0.2) is 0 Å². The van der Waals surface area contributed by atoms with Crippen molar-refractivity contribution in [2.75, 3.05) is 18.5 Å². The third-order valence-electron chi connectivity index (χ3n) is 4.31. The first-order valence-corrected chi connectivity index (χ1v) is 7.35. The first kappa shape index (κ1) is 12.0. The van der Waals surface area contributed by atoms with Gasteiger partial charge < -0.3 is 10.2 Å². The molecule has 1 N–H and O–H groups in total. The standard InChI is InChI=1S/C16H24N2/c1-18(12-14-3-2-4-14)16-9-5-13(6-10-16)11-17-15-7-8-15/h5-6,9-10,14-15,17H,2-4,7-8,11-12H2,1H3. The van der Waals surface area contributed by atoms with Crippen molar-refractivity contribution in [3.8, 4) is 0 Å². The minimum absolute atomic E-state index is 0.797. The summed E-state index contributed by atoms with van der Waals surface area (Å²) in [5.74, 6) is 0.936. The van der Waals surface area contributed by atoms with E-state index in [9.17, 15) is 0 Å². The maximum Gasteiger partial charge on any atom is 0.0363 e. The number of nitrogens with one attached hydrogen (secondary N) is 1. The maximum atomic E-state index is 3.56. The topological polar surface area (TPSA) is 15.3 Å². The second-order valence-corrected chi connectivity index (χ2v) is 6.00.